The van der Waals surface area contributed by atoms with Gasteiger partial charge in [0.15, 0.2) is 5.65 Å². The molecule has 2 aromatic heterocycles. The van der Waals surface area contributed by atoms with Gasteiger partial charge in [0, 0.05) is 12.4 Å². The molecule has 0 fully saturated rings. The van der Waals surface area contributed by atoms with Crippen LogP contribution in [0.3, 0.4) is 0 Å². The standard InChI is InChI=1S/C16H16N4O2/c1-3-11-5-6-13(14(9-11)22-2)19-16(21)12-10-18-20-8-4-7-17-15(12)20/h4-10H,3H2,1-2H3,(H,19,21). The van der Waals surface area contributed by atoms with E-state index in [0.717, 1.165) is 12.0 Å². The molecular formula is C16H16N4O2. The molecule has 6 heteroatoms. The summed E-state index contributed by atoms with van der Waals surface area (Å²) in [4.78, 5) is 16.6. The van der Waals surface area contributed by atoms with Gasteiger partial charge in [0.2, 0.25) is 0 Å². The molecule has 0 unspecified atom stereocenters. The number of rotatable bonds is 4. The molecule has 3 aromatic rings. The minimum atomic E-state index is -0.267. The van der Waals surface area contributed by atoms with E-state index in [1.165, 1.54) is 6.20 Å². The molecule has 6 nitrogen and oxygen atoms in total. The summed E-state index contributed by atoms with van der Waals surface area (Å²) >= 11 is 0. The van der Waals surface area contributed by atoms with Crippen LogP contribution in [0.25, 0.3) is 5.65 Å². The predicted octanol–water partition coefficient (Wildman–Crippen LogP) is 2.55. The monoisotopic (exact) mass is 296 g/mol. The van der Waals surface area contributed by atoms with Crippen LogP contribution in [-0.4, -0.2) is 27.6 Å². The highest BCUT2D eigenvalue weighted by atomic mass is 16.5. The van der Waals surface area contributed by atoms with Crippen LogP contribution in [0.1, 0.15) is 22.8 Å². The van der Waals surface area contributed by atoms with Crippen LogP contribution >= 0.6 is 0 Å². The Morgan fingerprint density at radius 3 is 3.05 bits per heavy atom. The number of ether oxygens (including phenoxy) is 1. The number of aromatic nitrogens is 3. The summed E-state index contributed by atoms with van der Waals surface area (Å²) in [7, 11) is 1.58. The summed E-state index contributed by atoms with van der Waals surface area (Å²) in [6.45, 7) is 2.07. The summed E-state index contributed by atoms with van der Waals surface area (Å²) in [5.41, 5.74) is 2.71. The first-order valence-electron chi connectivity index (χ1n) is 6.99. The minimum absolute atomic E-state index is 0.267. The molecule has 3 rings (SSSR count). The fraction of sp³-hybridized carbons (Fsp3) is 0.188. The topological polar surface area (TPSA) is 68.5 Å². The van der Waals surface area contributed by atoms with Crippen molar-refractivity contribution in [3.8, 4) is 5.75 Å². The van der Waals surface area contributed by atoms with E-state index < -0.39 is 0 Å². The van der Waals surface area contributed by atoms with Crippen LogP contribution in [0.5, 0.6) is 5.75 Å². The SMILES string of the molecule is CCc1ccc(NC(=O)c2cnn3cccnc23)c(OC)c1. The fourth-order valence-corrected chi connectivity index (χ4v) is 2.24. The Balaban J connectivity index is 1.91. The lowest BCUT2D eigenvalue weighted by Crippen LogP contribution is -2.13. The van der Waals surface area contributed by atoms with Crippen LogP contribution in [0.4, 0.5) is 5.69 Å². The third-order valence-electron chi connectivity index (χ3n) is 3.45. The van der Waals surface area contributed by atoms with Crippen molar-refractivity contribution in [3.05, 3.63) is 54.0 Å². The normalized spacial score (nSPS) is 10.6. The van der Waals surface area contributed by atoms with E-state index in [1.54, 1.807) is 30.1 Å². The van der Waals surface area contributed by atoms with Crippen molar-refractivity contribution < 1.29 is 9.53 Å². The predicted molar refractivity (Wildman–Crippen MR) is 83.3 cm³/mol. The highest BCUT2D eigenvalue weighted by Gasteiger charge is 2.15. The Bertz CT molecular complexity index is 826. The van der Waals surface area contributed by atoms with Crippen LogP contribution in [0.2, 0.25) is 0 Å². The Labute approximate surface area is 127 Å². The van der Waals surface area contributed by atoms with Gasteiger partial charge in [-0.2, -0.15) is 5.10 Å². The molecule has 0 saturated carbocycles. The number of hydrogen-bond donors (Lipinski definition) is 1. The summed E-state index contributed by atoms with van der Waals surface area (Å²) in [5.74, 6) is 0.369. The number of benzene rings is 1. The van der Waals surface area contributed by atoms with Gasteiger partial charge in [-0.05, 0) is 30.2 Å². The van der Waals surface area contributed by atoms with Gasteiger partial charge in [-0.15, -0.1) is 0 Å². The highest BCUT2D eigenvalue weighted by Crippen LogP contribution is 2.26. The lowest BCUT2D eigenvalue weighted by molar-refractivity contribution is 0.102. The minimum Gasteiger partial charge on any atom is -0.495 e. The van der Waals surface area contributed by atoms with Gasteiger partial charge in [-0.1, -0.05) is 13.0 Å². The van der Waals surface area contributed by atoms with E-state index in [2.05, 4.69) is 22.3 Å². The second kappa shape index (κ2) is 5.85. The van der Waals surface area contributed by atoms with E-state index in [-0.39, 0.29) is 5.91 Å². The zero-order chi connectivity index (χ0) is 15.5. The van der Waals surface area contributed by atoms with Crippen molar-refractivity contribution in [2.24, 2.45) is 0 Å². The van der Waals surface area contributed by atoms with Crippen LogP contribution < -0.4 is 10.1 Å². The molecule has 0 aliphatic heterocycles. The van der Waals surface area contributed by atoms with Crippen LogP contribution in [0.15, 0.2) is 42.9 Å². The molecule has 22 heavy (non-hydrogen) atoms. The van der Waals surface area contributed by atoms with Crippen molar-refractivity contribution in [1.82, 2.24) is 14.6 Å². The lowest BCUT2D eigenvalue weighted by atomic mass is 10.1. The highest BCUT2D eigenvalue weighted by molar-refractivity contribution is 6.08. The Kier molecular flexibility index (Phi) is 3.74. The maximum Gasteiger partial charge on any atom is 0.261 e. The van der Waals surface area contributed by atoms with Crippen LogP contribution in [0, 0.1) is 0 Å². The fourth-order valence-electron chi connectivity index (χ4n) is 2.24. The molecule has 0 radical (unpaired) electrons. The lowest BCUT2D eigenvalue weighted by Gasteiger charge is -2.11. The molecule has 0 bridgehead atoms. The largest absolute Gasteiger partial charge is 0.495 e. The van der Waals surface area contributed by atoms with E-state index in [0.29, 0.717) is 22.6 Å². The smallest absolute Gasteiger partial charge is 0.261 e. The van der Waals surface area contributed by atoms with Crippen molar-refractivity contribution in [3.63, 3.8) is 0 Å². The number of hydrogen-bond acceptors (Lipinski definition) is 4. The molecule has 2 heterocycles. The number of fused-ring (bicyclic) bond motifs is 1. The van der Waals surface area contributed by atoms with Gasteiger partial charge < -0.3 is 10.1 Å². The Morgan fingerprint density at radius 2 is 2.27 bits per heavy atom. The van der Waals surface area contributed by atoms with Crippen molar-refractivity contribution in [2.75, 3.05) is 12.4 Å². The Morgan fingerprint density at radius 1 is 1.41 bits per heavy atom. The zero-order valence-corrected chi connectivity index (χ0v) is 12.4. The quantitative estimate of drug-likeness (QED) is 0.803. The first kappa shape index (κ1) is 14.1. The van der Waals surface area contributed by atoms with E-state index in [1.807, 2.05) is 18.2 Å². The third-order valence-corrected chi connectivity index (χ3v) is 3.45. The molecule has 1 N–H and O–H groups in total. The van der Waals surface area contributed by atoms with E-state index in [4.69, 9.17) is 4.74 Å². The summed E-state index contributed by atoms with van der Waals surface area (Å²) < 4.78 is 6.90. The first-order chi connectivity index (χ1) is 10.7. The molecule has 1 amide bonds. The van der Waals surface area contributed by atoms with Gasteiger partial charge >= 0.3 is 0 Å². The molecule has 1 aromatic carbocycles. The second-order valence-corrected chi connectivity index (χ2v) is 4.79. The summed E-state index contributed by atoms with van der Waals surface area (Å²) in [6, 6.07) is 7.49. The maximum atomic E-state index is 12.5. The number of anilines is 1. The number of nitrogens with one attached hydrogen (secondary N) is 1. The molecule has 112 valence electrons. The van der Waals surface area contributed by atoms with Crippen molar-refractivity contribution in [2.45, 2.75) is 13.3 Å². The van der Waals surface area contributed by atoms with Gasteiger partial charge in [-0.25, -0.2) is 9.50 Å². The van der Waals surface area contributed by atoms with Crippen LogP contribution in [-0.2, 0) is 6.42 Å². The molecule has 0 aliphatic rings. The third kappa shape index (κ3) is 2.50. The Hall–Kier alpha value is -2.89. The number of aryl methyl sites for hydroxylation is 1. The summed E-state index contributed by atoms with van der Waals surface area (Å²) in [5, 5.41) is 6.96. The molecule has 0 saturated heterocycles. The van der Waals surface area contributed by atoms with E-state index >= 15 is 0 Å². The number of nitrogens with zero attached hydrogens (tertiary/aromatic N) is 3. The maximum absolute atomic E-state index is 12.5. The van der Waals surface area contributed by atoms with Gasteiger partial charge in [0.05, 0.1) is 19.0 Å². The number of methoxy groups -OCH3 is 1. The van der Waals surface area contributed by atoms with Crippen molar-refractivity contribution in [1.29, 1.82) is 0 Å². The zero-order valence-electron chi connectivity index (χ0n) is 12.4. The second-order valence-electron chi connectivity index (χ2n) is 4.79. The van der Waals surface area contributed by atoms with Crippen molar-refractivity contribution >= 4 is 17.2 Å². The number of amides is 1. The number of carbonyl (C=O) groups is 1. The first-order valence-corrected chi connectivity index (χ1v) is 6.99. The van der Waals surface area contributed by atoms with E-state index in [9.17, 15) is 4.79 Å². The summed E-state index contributed by atoms with van der Waals surface area (Å²) in [6.07, 6.45) is 5.78. The molecular weight excluding hydrogens is 280 g/mol. The number of carbonyl (C=O) groups excluding carboxylic acids is 1. The molecule has 0 aliphatic carbocycles. The van der Waals surface area contributed by atoms with Gasteiger partial charge in [0.25, 0.3) is 5.91 Å². The molecule has 0 atom stereocenters. The molecule has 0 spiro atoms. The average molecular weight is 296 g/mol. The average Bonchev–Trinajstić information content (AvgIpc) is 2.99. The van der Waals surface area contributed by atoms with Gasteiger partial charge in [0.1, 0.15) is 11.3 Å². The van der Waals surface area contributed by atoms with Gasteiger partial charge in [-0.3, -0.25) is 4.79 Å².